The number of phenols is 2. The molecule has 0 amide bonds. The van der Waals surface area contributed by atoms with Crippen molar-refractivity contribution in [3.63, 3.8) is 0 Å². The van der Waals surface area contributed by atoms with Crippen LogP contribution in [0.1, 0.15) is 12.5 Å². The van der Waals surface area contributed by atoms with Gasteiger partial charge in [0.2, 0.25) is 0 Å². The lowest BCUT2D eigenvalue weighted by molar-refractivity contribution is 0.447. The van der Waals surface area contributed by atoms with Gasteiger partial charge in [-0.2, -0.15) is 5.10 Å². The second kappa shape index (κ2) is 6.72. The smallest absolute Gasteiger partial charge is 0.128 e. The van der Waals surface area contributed by atoms with Crippen LogP contribution < -0.4 is 4.90 Å². The van der Waals surface area contributed by atoms with E-state index < -0.39 is 0 Å². The first-order valence-corrected chi connectivity index (χ1v) is 8.47. The molecule has 0 bridgehead atoms. The highest BCUT2D eigenvalue weighted by atomic mass is 32.1. The first kappa shape index (κ1) is 17.2. The Labute approximate surface area is 152 Å². The fourth-order valence-electron chi connectivity index (χ4n) is 2.85. The molecule has 1 heterocycles. The molecule has 0 saturated heterocycles. The van der Waals surface area contributed by atoms with Crippen LogP contribution in [0.15, 0.2) is 41.4 Å². The van der Waals surface area contributed by atoms with Crippen molar-refractivity contribution in [3.05, 3.63) is 42.0 Å². The number of nitrogens with zero attached hydrogens (tertiary/aromatic N) is 2. The van der Waals surface area contributed by atoms with Crippen LogP contribution in [0.5, 0.6) is 11.5 Å². The van der Waals surface area contributed by atoms with Gasteiger partial charge in [-0.1, -0.05) is 19.1 Å². The quantitative estimate of drug-likeness (QED) is 0.532. The van der Waals surface area contributed by atoms with Crippen molar-refractivity contribution < 1.29 is 10.2 Å². The van der Waals surface area contributed by atoms with Gasteiger partial charge >= 0.3 is 0 Å². The van der Waals surface area contributed by atoms with Gasteiger partial charge in [0.25, 0.3) is 0 Å². The topological polar surface area (TPSA) is 72.4 Å². The molecule has 0 fully saturated rings. The van der Waals surface area contributed by atoms with E-state index in [9.17, 15) is 10.2 Å². The minimum absolute atomic E-state index is 0.00306. The Kier molecular flexibility index (Phi) is 4.63. The lowest BCUT2D eigenvalue weighted by Gasteiger charge is -2.14. The average Bonchev–Trinajstić information content (AvgIpc) is 2.96. The number of aromatic amines is 1. The molecule has 0 radical (unpaired) electrons. The van der Waals surface area contributed by atoms with Crippen molar-refractivity contribution in [2.24, 2.45) is 0 Å². The fraction of sp³-hybridized carbons (Fsp3) is 0.211. The summed E-state index contributed by atoms with van der Waals surface area (Å²) in [5.74, 6) is 0.0854. The van der Waals surface area contributed by atoms with Crippen LogP contribution in [0.25, 0.3) is 22.4 Å². The minimum atomic E-state index is -0.00306. The van der Waals surface area contributed by atoms with Gasteiger partial charge in [0.05, 0.1) is 5.69 Å². The normalized spacial score (nSPS) is 10.9. The third kappa shape index (κ3) is 3.17. The van der Waals surface area contributed by atoms with Crippen LogP contribution in [0.4, 0.5) is 5.69 Å². The number of H-pyrrole nitrogens is 1. The number of aryl methyl sites for hydroxylation is 1. The largest absolute Gasteiger partial charge is 0.508 e. The van der Waals surface area contributed by atoms with E-state index in [0.717, 1.165) is 22.4 Å². The standard InChI is InChI=1S/C19H21N3O2S/c1-4-11-9-14(16(24)10-15(11)23)18-17(19(25)21-20-18)12-6-5-7-13(8-12)22(2)3/h5-10,23-24H,4H2,1-3H3,(H2,20,21,25). The van der Waals surface area contributed by atoms with Crippen molar-refractivity contribution >= 4 is 18.3 Å². The number of hydrogen-bond donors (Lipinski definition) is 4. The molecule has 0 aliphatic rings. The molecule has 0 spiro atoms. The van der Waals surface area contributed by atoms with Crippen LogP contribution in [0.2, 0.25) is 0 Å². The van der Waals surface area contributed by atoms with E-state index in [1.165, 1.54) is 6.07 Å². The first-order valence-electron chi connectivity index (χ1n) is 8.02. The first-order chi connectivity index (χ1) is 11.9. The van der Waals surface area contributed by atoms with Crippen molar-refractivity contribution in [1.82, 2.24) is 10.2 Å². The van der Waals surface area contributed by atoms with Gasteiger partial charge in [-0.05, 0) is 35.7 Å². The van der Waals surface area contributed by atoms with E-state index in [2.05, 4.69) is 22.8 Å². The van der Waals surface area contributed by atoms with Gasteiger partial charge in [0.1, 0.15) is 16.5 Å². The van der Waals surface area contributed by atoms with Crippen LogP contribution in [0, 0.1) is 0 Å². The van der Waals surface area contributed by atoms with Crippen molar-refractivity contribution in [2.75, 3.05) is 19.0 Å². The van der Waals surface area contributed by atoms with E-state index in [4.69, 9.17) is 0 Å². The molecule has 0 atom stereocenters. The minimum Gasteiger partial charge on any atom is -0.508 e. The van der Waals surface area contributed by atoms with Gasteiger partial charge in [0, 0.05) is 37.0 Å². The molecule has 1 aromatic heterocycles. The summed E-state index contributed by atoms with van der Waals surface area (Å²) in [6.45, 7) is 1.95. The van der Waals surface area contributed by atoms with E-state index in [0.29, 0.717) is 22.7 Å². The fourth-order valence-corrected chi connectivity index (χ4v) is 3.14. The molecule has 0 aliphatic heterocycles. The zero-order valence-electron chi connectivity index (χ0n) is 14.4. The third-order valence-corrected chi connectivity index (χ3v) is 4.57. The average molecular weight is 355 g/mol. The summed E-state index contributed by atoms with van der Waals surface area (Å²) in [6, 6.07) is 11.2. The summed E-state index contributed by atoms with van der Waals surface area (Å²) < 4.78 is 0. The molecule has 5 nitrogen and oxygen atoms in total. The molecule has 2 aromatic carbocycles. The van der Waals surface area contributed by atoms with Crippen LogP contribution in [-0.4, -0.2) is 34.5 Å². The molecule has 3 aromatic rings. The van der Waals surface area contributed by atoms with Crippen molar-refractivity contribution in [3.8, 4) is 33.9 Å². The lowest BCUT2D eigenvalue weighted by atomic mass is 9.98. The van der Waals surface area contributed by atoms with E-state index in [1.54, 1.807) is 6.07 Å². The Morgan fingerprint density at radius 2 is 1.88 bits per heavy atom. The summed E-state index contributed by atoms with van der Waals surface area (Å²) in [6.07, 6.45) is 0.659. The summed E-state index contributed by atoms with van der Waals surface area (Å²) in [7, 11) is 3.96. The third-order valence-electron chi connectivity index (χ3n) is 4.25. The zero-order valence-corrected chi connectivity index (χ0v) is 15.3. The number of phenolic OH excluding ortho intramolecular Hbond substituents is 2. The Morgan fingerprint density at radius 1 is 1.12 bits per heavy atom. The number of hydrogen-bond acceptors (Lipinski definition) is 5. The van der Waals surface area contributed by atoms with Crippen molar-refractivity contribution in [2.45, 2.75) is 18.4 Å². The van der Waals surface area contributed by atoms with Gasteiger partial charge in [-0.3, -0.25) is 5.10 Å². The molecule has 130 valence electrons. The van der Waals surface area contributed by atoms with E-state index >= 15 is 0 Å². The van der Waals surface area contributed by atoms with Crippen LogP contribution >= 0.6 is 12.6 Å². The molecule has 0 unspecified atom stereocenters. The molecule has 6 heteroatoms. The Hall–Kier alpha value is -2.60. The van der Waals surface area contributed by atoms with Gasteiger partial charge in [0.15, 0.2) is 0 Å². The van der Waals surface area contributed by atoms with Gasteiger partial charge in [-0.15, -0.1) is 12.6 Å². The predicted molar refractivity (Wildman–Crippen MR) is 104 cm³/mol. The molecular formula is C19H21N3O2S. The Morgan fingerprint density at radius 3 is 2.56 bits per heavy atom. The zero-order chi connectivity index (χ0) is 18.1. The Bertz CT molecular complexity index is 919. The summed E-state index contributed by atoms with van der Waals surface area (Å²) >= 11 is 4.48. The number of anilines is 1. The SMILES string of the molecule is CCc1cc(-c2[nH]nc(S)c2-c2cccc(N(C)C)c2)c(O)cc1O. The highest BCUT2D eigenvalue weighted by Crippen LogP contribution is 2.41. The van der Waals surface area contributed by atoms with E-state index in [1.807, 2.05) is 50.2 Å². The highest BCUT2D eigenvalue weighted by Gasteiger charge is 2.19. The second-order valence-corrected chi connectivity index (χ2v) is 6.52. The number of aromatic nitrogens is 2. The summed E-state index contributed by atoms with van der Waals surface area (Å²) in [4.78, 5) is 2.02. The molecule has 3 rings (SSSR count). The molecular weight excluding hydrogens is 334 g/mol. The molecule has 25 heavy (non-hydrogen) atoms. The Balaban J connectivity index is 2.20. The number of thiol groups is 1. The maximum atomic E-state index is 10.3. The maximum absolute atomic E-state index is 10.3. The molecule has 3 N–H and O–H groups in total. The van der Waals surface area contributed by atoms with Crippen LogP contribution in [-0.2, 0) is 6.42 Å². The number of rotatable bonds is 4. The molecule has 0 aliphatic carbocycles. The lowest BCUT2D eigenvalue weighted by Crippen LogP contribution is -2.08. The monoisotopic (exact) mass is 355 g/mol. The number of aromatic hydroxyl groups is 2. The number of benzene rings is 2. The van der Waals surface area contributed by atoms with E-state index in [-0.39, 0.29) is 11.5 Å². The second-order valence-electron chi connectivity index (χ2n) is 6.09. The van der Waals surface area contributed by atoms with Crippen LogP contribution in [0.3, 0.4) is 0 Å². The molecule has 0 saturated carbocycles. The summed E-state index contributed by atoms with van der Waals surface area (Å²) in [5, 5.41) is 28.0. The summed E-state index contributed by atoms with van der Waals surface area (Å²) in [5.41, 5.74) is 4.85. The van der Waals surface area contributed by atoms with Crippen molar-refractivity contribution in [1.29, 1.82) is 0 Å². The maximum Gasteiger partial charge on any atom is 0.128 e. The van der Waals surface area contributed by atoms with Gasteiger partial charge in [-0.25, -0.2) is 0 Å². The van der Waals surface area contributed by atoms with Gasteiger partial charge < -0.3 is 15.1 Å². The number of nitrogens with one attached hydrogen (secondary N) is 1. The highest BCUT2D eigenvalue weighted by molar-refractivity contribution is 7.80. The predicted octanol–water partition coefficient (Wildman–Crippen LogP) is 4.07.